The Kier molecular flexibility index (Phi) is 1.90. The topological polar surface area (TPSA) is 49.5 Å². The maximum atomic E-state index is 10.2. The second-order valence-corrected chi connectivity index (χ2v) is 4.45. The van der Waals surface area contributed by atoms with E-state index in [0.717, 1.165) is 19.5 Å². The van der Waals surface area contributed by atoms with E-state index in [1.807, 2.05) is 7.05 Å². The fraction of sp³-hybridized carbons (Fsp3) is 1.00. The summed E-state index contributed by atoms with van der Waals surface area (Å²) in [5, 5.41) is 10.2. The molecule has 1 saturated carbocycles. The molecule has 1 saturated heterocycles. The van der Waals surface area contributed by atoms with E-state index in [1.165, 1.54) is 12.8 Å². The molecule has 0 aromatic rings. The molecule has 2 rings (SSSR count). The van der Waals surface area contributed by atoms with Crippen molar-refractivity contribution in [3.63, 3.8) is 0 Å². The van der Waals surface area contributed by atoms with E-state index in [0.29, 0.717) is 5.92 Å². The summed E-state index contributed by atoms with van der Waals surface area (Å²) in [6.07, 6.45) is 3.28. The Morgan fingerprint density at radius 2 is 2.25 bits per heavy atom. The van der Waals surface area contributed by atoms with Gasteiger partial charge >= 0.3 is 0 Å². The van der Waals surface area contributed by atoms with Crippen LogP contribution in [0.4, 0.5) is 0 Å². The van der Waals surface area contributed by atoms with Crippen LogP contribution in [0.5, 0.6) is 0 Å². The largest absolute Gasteiger partial charge is 0.387 e. The number of likely N-dealkylation sites (N-methyl/N-ethyl adjacent to an activating group) is 1. The lowest BCUT2D eigenvalue weighted by Gasteiger charge is -2.29. The summed E-state index contributed by atoms with van der Waals surface area (Å²) in [4.78, 5) is 2.15. The van der Waals surface area contributed by atoms with Gasteiger partial charge < -0.3 is 15.7 Å². The Morgan fingerprint density at radius 1 is 1.58 bits per heavy atom. The second kappa shape index (κ2) is 2.69. The smallest absolute Gasteiger partial charge is 0.0938 e. The van der Waals surface area contributed by atoms with E-state index < -0.39 is 5.60 Å². The van der Waals surface area contributed by atoms with Gasteiger partial charge in [0.15, 0.2) is 0 Å². The van der Waals surface area contributed by atoms with E-state index in [-0.39, 0.29) is 6.04 Å². The van der Waals surface area contributed by atoms with E-state index in [1.54, 1.807) is 0 Å². The van der Waals surface area contributed by atoms with Crippen LogP contribution in [-0.4, -0.2) is 41.8 Å². The zero-order valence-corrected chi connectivity index (χ0v) is 7.66. The summed E-state index contributed by atoms with van der Waals surface area (Å²) in [5.41, 5.74) is 5.42. The Balaban J connectivity index is 1.99. The van der Waals surface area contributed by atoms with Gasteiger partial charge in [-0.25, -0.2) is 0 Å². The van der Waals surface area contributed by atoms with Crippen molar-refractivity contribution in [1.29, 1.82) is 0 Å². The third kappa shape index (κ3) is 1.37. The van der Waals surface area contributed by atoms with Crippen LogP contribution in [0.25, 0.3) is 0 Å². The van der Waals surface area contributed by atoms with Crippen molar-refractivity contribution < 1.29 is 5.11 Å². The van der Waals surface area contributed by atoms with Crippen molar-refractivity contribution in [2.24, 2.45) is 11.7 Å². The molecule has 1 heterocycles. The highest BCUT2D eigenvalue weighted by Gasteiger charge is 2.46. The van der Waals surface area contributed by atoms with Crippen LogP contribution in [0, 0.1) is 5.92 Å². The van der Waals surface area contributed by atoms with Crippen LogP contribution in [0.2, 0.25) is 0 Å². The third-order valence-corrected chi connectivity index (χ3v) is 3.22. The van der Waals surface area contributed by atoms with Crippen LogP contribution in [0.3, 0.4) is 0 Å². The SMILES string of the molecule is CN1CCC(O)(C(N)C2CC2)C1. The molecule has 2 aliphatic rings. The molecule has 0 aromatic carbocycles. The minimum atomic E-state index is -0.587. The van der Waals surface area contributed by atoms with Crippen molar-refractivity contribution >= 4 is 0 Å². The van der Waals surface area contributed by atoms with Gasteiger partial charge in [0.2, 0.25) is 0 Å². The zero-order valence-electron chi connectivity index (χ0n) is 7.66. The summed E-state index contributed by atoms with van der Waals surface area (Å²) in [5.74, 6) is 0.599. The van der Waals surface area contributed by atoms with Crippen molar-refractivity contribution in [2.45, 2.75) is 30.9 Å². The average molecular weight is 170 g/mol. The van der Waals surface area contributed by atoms with Crippen LogP contribution in [0.1, 0.15) is 19.3 Å². The summed E-state index contributed by atoms with van der Waals surface area (Å²) in [7, 11) is 2.04. The van der Waals surface area contributed by atoms with E-state index in [2.05, 4.69) is 4.90 Å². The molecule has 0 aromatic heterocycles. The van der Waals surface area contributed by atoms with Gasteiger partial charge in [0.05, 0.1) is 5.60 Å². The predicted octanol–water partition coefficient (Wildman–Crippen LogP) is -0.210. The van der Waals surface area contributed by atoms with Crippen molar-refractivity contribution in [2.75, 3.05) is 20.1 Å². The molecule has 3 N–H and O–H groups in total. The van der Waals surface area contributed by atoms with Crippen LogP contribution >= 0.6 is 0 Å². The molecule has 0 radical (unpaired) electrons. The fourth-order valence-corrected chi connectivity index (χ4v) is 2.18. The first-order valence-electron chi connectivity index (χ1n) is 4.78. The first kappa shape index (κ1) is 8.48. The van der Waals surface area contributed by atoms with Crippen molar-refractivity contribution in [1.82, 2.24) is 4.90 Å². The van der Waals surface area contributed by atoms with Gasteiger partial charge in [-0.15, -0.1) is 0 Å². The molecule has 3 nitrogen and oxygen atoms in total. The molecule has 0 amide bonds. The lowest BCUT2D eigenvalue weighted by atomic mass is 9.90. The Hall–Kier alpha value is -0.120. The number of rotatable bonds is 2. The van der Waals surface area contributed by atoms with E-state index in [9.17, 15) is 5.11 Å². The number of nitrogens with zero attached hydrogens (tertiary/aromatic N) is 1. The quantitative estimate of drug-likeness (QED) is 0.603. The maximum Gasteiger partial charge on any atom is 0.0938 e. The maximum absolute atomic E-state index is 10.2. The summed E-state index contributed by atoms with van der Waals surface area (Å²) in [6, 6.07) is 0.0162. The van der Waals surface area contributed by atoms with Crippen LogP contribution in [-0.2, 0) is 0 Å². The van der Waals surface area contributed by atoms with Crippen LogP contribution in [0.15, 0.2) is 0 Å². The lowest BCUT2D eigenvalue weighted by Crippen LogP contribution is -2.51. The standard InChI is InChI=1S/C9H18N2O/c1-11-5-4-9(12,6-11)8(10)7-2-3-7/h7-8,12H,2-6,10H2,1H3. The van der Waals surface area contributed by atoms with Gasteiger partial charge in [0.1, 0.15) is 0 Å². The molecular weight excluding hydrogens is 152 g/mol. The fourth-order valence-electron chi connectivity index (χ4n) is 2.18. The Morgan fingerprint density at radius 3 is 2.67 bits per heavy atom. The first-order valence-corrected chi connectivity index (χ1v) is 4.78. The molecular formula is C9H18N2O. The molecule has 2 fully saturated rings. The zero-order chi connectivity index (χ0) is 8.77. The second-order valence-electron chi connectivity index (χ2n) is 4.45. The van der Waals surface area contributed by atoms with Crippen LogP contribution < -0.4 is 5.73 Å². The highest BCUT2D eigenvalue weighted by atomic mass is 16.3. The van der Waals surface area contributed by atoms with Crippen molar-refractivity contribution in [3.8, 4) is 0 Å². The number of likely N-dealkylation sites (tertiary alicyclic amines) is 1. The highest BCUT2D eigenvalue weighted by Crippen LogP contribution is 2.38. The molecule has 0 spiro atoms. The first-order chi connectivity index (χ1) is 5.62. The number of hydrogen-bond acceptors (Lipinski definition) is 3. The van der Waals surface area contributed by atoms with Gasteiger partial charge in [-0.1, -0.05) is 0 Å². The minimum Gasteiger partial charge on any atom is -0.387 e. The van der Waals surface area contributed by atoms with Gasteiger partial charge in [0.25, 0.3) is 0 Å². The number of aliphatic hydroxyl groups is 1. The molecule has 2 atom stereocenters. The normalized spacial score (nSPS) is 40.2. The highest BCUT2D eigenvalue weighted by molar-refractivity contribution is 5.02. The molecule has 12 heavy (non-hydrogen) atoms. The molecule has 1 aliphatic heterocycles. The molecule has 2 unspecified atom stereocenters. The summed E-state index contributed by atoms with van der Waals surface area (Å²) in [6.45, 7) is 1.74. The number of hydrogen-bond donors (Lipinski definition) is 2. The molecule has 70 valence electrons. The number of β-amino-alcohol motifs (C(OH)–C–C–N with tert-alkyl or cyclic N) is 1. The Bertz CT molecular complexity index is 181. The summed E-state index contributed by atoms with van der Waals surface area (Å²) >= 11 is 0. The monoisotopic (exact) mass is 170 g/mol. The van der Waals surface area contributed by atoms with E-state index >= 15 is 0 Å². The van der Waals surface area contributed by atoms with E-state index in [4.69, 9.17) is 5.73 Å². The predicted molar refractivity (Wildman–Crippen MR) is 47.8 cm³/mol. The van der Waals surface area contributed by atoms with Crippen molar-refractivity contribution in [3.05, 3.63) is 0 Å². The Labute approximate surface area is 73.5 Å². The molecule has 3 heteroatoms. The van der Waals surface area contributed by atoms with Gasteiger partial charge in [-0.05, 0) is 32.2 Å². The summed E-state index contributed by atoms with van der Waals surface area (Å²) < 4.78 is 0. The lowest BCUT2D eigenvalue weighted by molar-refractivity contribution is 0.0186. The minimum absolute atomic E-state index is 0.0162. The third-order valence-electron chi connectivity index (χ3n) is 3.22. The van der Waals surface area contributed by atoms with Gasteiger partial charge in [0, 0.05) is 19.1 Å². The van der Waals surface area contributed by atoms with Gasteiger partial charge in [-0.3, -0.25) is 0 Å². The molecule has 1 aliphatic carbocycles. The number of nitrogens with two attached hydrogens (primary N) is 1. The van der Waals surface area contributed by atoms with Gasteiger partial charge in [-0.2, -0.15) is 0 Å². The average Bonchev–Trinajstić information content (AvgIpc) is 2.78. The molecule has 0 bridgehead atoms.